The highest BCUT2D eigenvalue weighted by molar-refractivity contribution is 7.89. The van der Waals surface area contributed by atoms with Crippen LogP contribution in [0, 0.1) is 13.8 Å². The molecule has 128 valence electrons. The predicted molar refractivity (Wildman–Crippen MR) is 88.1 cm³/mol. The number of hydrogen-bond acceptors (Lipinski definition) is 5. The molecule has 1 aliphatic carbocycles. The Kier molecular flexibility index (Phi) is 3.73. The van der Waals surface area contributed by atoms with Crippen LogP contribution in [0.5, 0.6) is 0 Å². The molecular weight excluding hydrogens is 326 g/mol. The van der Waals surface area contributed by atoms with Crippen LogP contribution in [-0.2, 0) is 10.0 Å². The maximum absolute atomic E-state index is 13.1. The average molecular weight is 347 g/mol. The lowest BCUT2D eigenvalue weighted by Crippen LogP contribution is -2.31. The Morgan fingerprint density at radius 1 is 1.21 bits per heavy atom. The van der Waals surface area contributed by atoms with Crippen molar-refractivity contribution in [1.82, 2.24) is 14.4 Å². The van der Waals surface area contributed by atoms with E-state index in [4.69, 9.17) is 4.52 Å². The van der Waals surface area contributed by atoms with Gasteiger partial charge in [0.25, 0.3) is 0 Å². The zero-order valence-electron chi connectivity index (χ0n) is 13.9. The van der Waals surface area contributed by atoms with Gasteiger partial charge in [-0.05, 0) is 51.2 Å². The van der Waals surface area contributed by atoms with E-state index in [9.17, 15) is 8.42 Å². The lowest BCUT2D eigenvalue weighted by molar-refractivity contribution is 0.289. The number of nitrogens with zero attached hydrogens (tertiary/aromatic N) is 3. The summed E-state index contributed by atoms with van der Waals surface area (Å²) in [5.74, 6) is 1.55. The quantitative estimate of drug-likeness (QED) is 0.849. The molecule has 1 saturated heterocycles. The molecular formula is C17H21N3O3S. The molecule has 1 aromatic heterocycles. The first-order chi connectivity index (χ1) is 11.5. The molecule has 7 heteroatoms. The zero-order valence-corrected chi connectivity index (χ0v) is 14.7. The van der Waals surface area contributed by atoms with Crippen molar-refractivity contribution in [2.75, 3.05) is 6.54 Å². The minimum atomic E-state index is -3.57. The highest BCUT2D eigenvalue weighted by atomic mass is 32.2. The number of benzene rings is 1. The highest BCUT2D eigenvalue weighted by Gasteiger charge is 2.40. The molecule has 0 amide bonds. The van der Waals surface area contributed by atoms with E-state index in [2.05, 4.69) is 10.1 Å². The van der Waals surface area contributed by atoms with Crippen molar-refractivity contribution in [2.45, 2.75) is 56.4 Å². The molecule has 6 nitrogen and oxygen atoms in total. The summed E-state index contributed by atoms with van der Waals surface area (Å²) in [6.45, 7) is 4.28. The molecule has 2 aromatic rings. The van der Waals surface area contributed by atoms with Crippen LogP contribution in [0.25, 0.3) is 0 Å². The van der Waals surface area contributed by atoms with Crippen LogP contribution in [0.4, 0.5) is 0 Å². The van der Waals surface area contributed by atoms with Crippen molar-refractivity contribution in [3.63, 3.8) is 0 Å². The van der Waals surface area contributed by atoms with Crippen molar-refractivity contribution in [3.05, 3.63) is 41.0 Å². The van der Waals surface area contributed by atoms with Gasteiger partial charge in [-0.2, -0.15) is 9.29 Å². The second kappa shape index (κ2) is 5.67. The third-order valence-electron chi connectivity index (χ3n) is 4.81. The van der Waals surface area contributed by atoms with Crippen LogP contribution in [0.1, 0.15) is 60.5 Å². The summed E-state index contributed by atoms with van der Waals surface area (Å²) in [6.07, 6.45) is 3.70. The molecule has 1 atom stereocenters. The fraction of sp³-hybridized carbons (Fsp3) is 0.529. The van der Waals surface area contributed by atoms with E-state index in [-0.39, 0.29) is 6.04 Å². The molecule has 0 spiro atoms. The highest BCUT2D eigenvalue weighted by Crippen LogP contribution is 2.41. The van der Waals surface area contributed by atoms with Crippen molar-refractivity contribution in [1.29, 1.82) is 0 Å². The molecule has 4 rings (SSSR count). The summed E-state index contributed by atoms with van der Waals surface area (Å²) in [4.78, 5) is 4.83. The van der Waals surface area contributed by atoms with E-state index in [0.29, 0.717) is 23.2 Å². The number of aromatic nitrogens is 2. The van der Waals surface area contributed by atoms with Gasteiger partial charge < -0.3 is 4.52 Å². The molecule has 2 heterocycles. The van der Waals surface area contributed by atoms with E-state index in [1.807, 2.05) is 26.0 Å². The van der Waals surface area contributed by atoms with Crippen molar-refractivity contribution >= 4 is 10.0 Å². The van der Waals surface area contributed by atoms with Gasteiger partial charge in [0, 0.05) is 12.5 Å². The Labute approximate surface area is 141 Å². The summed E-state index contributed by atoms with van der Waals surface area (Å²) in [5.41, 5.74) is 1.82. The van der Waals surface area contributed by atoms with Crippen LogP contribution in [0.15, 0.2) is 27.6 Å². The molecule has 0 N–H and O–H groups in total. The first-order valence-electron chi connectivity index (χ1n) is 8.39. The Balaban J connectivity index is 1.67. The summed E-state index contributed by atoms with van der Waals surface area (Å²) in [7, 11) is -3.57. The second-order valence-electron chi connectivity index (χ2n) is 6.81. The van der Waals surface area contributed by atoms with Gasteiger partial charge in [-0.15, -0.1) is 0 Å². The van der Waals surface area contributed by atoms with Gasteiger partial charge in [-0.3, -0.25) is 0 Å². The summed E-state index contributed by atoms with van der Waals surface area (Å²) < 4.78 is 33.2. The van der Waals surface area contributed by atoms with E-state index < -0.39 is 10.0 Å². The smallest absolute Gasteiger partial charge is 0.245 e. The SMILES string of the molecule is Cc1ccc(S(=O)(=O)N2CCCC2c2nc(C3CC3)no2)c(C)c1. The molecule has 0 bridgehead atoms. The third kappa shape index (κ3) is 2.65. The summed E-state index contributed by atoms with van der Waals surface area (Å²) in [6, 6.07) is 5.08. The second-order valence-corrected chi connectivity index (χ2v) is 8.67. The van der Waals surface area contributed by atoms with Crippen LogP contribution < -0.4 is 0 Å². The molecule has 1 saturated carbocycles. The molecule has 2 aliphatic rings. The van der Waals surface area contributed by atoms with Gasteiger partial charge in [-0.1, -0.05) is 22.9 Å². The van der Waals surface area contributed by atoms with Gasteiger partial charge in [-0.25, -0.2) is 8.42 Å². The minimum absolute atomic E-state index is 0.351. The first kappa shape index (κ1) is 15.8. The number of aryl methyl sites for hydroxylation is 2. The van der Waals surface area contributed by atoms with Crippen LogP contribution in [-0.4, -0.2) is 29.4 Å². The molecule has 2 fully saturated rings. The number of rotatable bonds is 4. The molecule has 24 heavy (non-hydrogen) atoms. The average Bonchev–Trinajstić information content (AvgIpc) is 3.07. The topological polar surface area (TPSA) is 76.3 Å². The lowest BCUT2D eigenvalue weighted by Gasteiger charge is -2.22. The Bertz CT molecular complexity index is 871. The van der Waals surface area contributed by atoms with Crippen LogP contribution in [0.3, 0.4) is 0 Å². The van der Waals surface area contributed by atoms with Crippen LogP contribution >= 0.6 is 0 Å². The summed E-state index contributed by atoms with van der Waals surface area (Å²) >= 11 is 0. The Hall–Kier alpha value is -1.73. The molecule has 0 radical (unpaired) electrons. The van der Waals surface area contributed by atoms with Crippen molar-refractivity contribution < 1.29 is 12.9 Å². The van der Waals surface area contributed by atoms with Gasteiger partial charge in [0.15, 0.2) is 5.82 Å². The van der Waals surface area contributed by atoms with E-state index in [1.54, 1.807) is 6.07 Å². The van der Waals surface area contributed by atoms with E-state index >= 15 is 0 Å². The normalized spacial score (nSPS) is 22.2. The number of hydrogen-bond donors (Lipinski definition) is 0. The molecule has 1 aliphatic heterocycles. The van der Waals surface area contributed by atoms with Crippen molar-refractivity contribution in [2.24, 2.45) is 0 Å². The lowest BCUT2D eigenvalue weighted by atomic mass is 10.2. The fourth-order valence-electron chi connectivity index (χ4n) is 3.38. The van der Waals surface area contributed by atoms with Gasteiger partial charge in [0.2, 0.25) is 15.9 Å². The first-order valence-corrected chi connectivity index (χ1v) is 9.83. The Morgan fingerprint density at radius 2 is 2.00 bits per heavy atom. The zero-order chi connectivity index (χ0) is 16.9. The van der Waals surface area contributed by atoms with Crippen molar-refractivity contribution in [3.8, 4) is 0 Å². The maximum Gasteiger partial charge on any atom is 0.245 e. The van der Waals surface area contributed by atoms with Gasteiger partial charge in [0.05, 0.1) is 4.90 Å². The van der Waals surface area contributed by atoms with Gasteiger partial charge >= 0.3 is 0 Å². The van der Waals surface area contributed by atoms with E-state index in [1.165, 1.54) is 4.31 Å². The Morgan fingerprint density at radius 3 is 2.71 bits per heavy atom. The predicted octanol–water partition coefficient (Wildman–Crippen LogP) is 3.09. The fourth-order valence-corrected chi connectivity index (χ4v) is 5.24. The van der Waals surface area contributed by atoms with E-state index in [0.717, 1.165) is 42.6 Å². The third-order valence-corrected chi connectivity index (χ3v) is 6.87. The minimum Gasteiger partial charge on any atom is -0.338 e. The largest absolute Gasteiger partial charge is 0.338 e. The summed E-state index contributed by atoms with van der Waals surface area (Å²) in [5, 5.41) is 4.03. The molecule has 1 unspecified atom stereocenters. The van der Waals surface area contributed by atoms with Gasteiger partial charge in [0.1, 0.15) is 6.04 Å². The molecule has 1 aromatic carbocycles. The standard InChI is InChI=1S/C17H21N3O3S/c1-11-5-8-15(12(2)10-11)24(21,22)20-9-3-4-14(20)17-18-16(19-23-17)13-6-7-13/h5,8,10,13-14H,3-4,6-7,9H2,1-2H3. The van der Waals surface area contributed by atoms with Crippen LogP contribution in [0.2, 0.25) is 0 Å². The maximum atomic E-state index is 13.1. The number of sulfonamides is 1. The monoisotopic (exact) mass is 347 g/mol.